The van der Waals surface area contributed by atoms with Gasteiger partial charge in [-0.3, -0.25) is 0 Å². The van der Waals surface area contributed by atoms with Crippen molar-refractivity contribution in [2.24, 2.45) is 0 Å². The summed E-state index contributed by atoms with van der Waals surface area (Å²) in [5.74, 6) is 0. The first kappa shape index (κ1) is 11.0. The Morgan fingerprint density at radius 3 is 2.44 bits per heavy atom. The molecule has 0 bridgehead atoms. The second-order valence-electron chi connectivity index (χ2n) is 3.68. The van der Waals surface area contributed by atoms with E-state index >= 15 is 0 Å². The Kier molecular flexibility index (Phi) is 3.15. The van der Waals surface area contributed by atoms with Crippen LogP contribution in [0.15, 0.2) is 46.9 Å². The molecular weight excluding hydrogens is 264 g/mol. The monoisotopic (exact) mass is 276 g/mol. The minimum atomic E-state index is 0.772. The number of halogens is 1. The van der Waals surface area contributed by atoms with Crippen LogP contribution in [0.4, 0.5) is 17.1 Å². The molecule has 0 spiro atoms. The van der Waals surface area contributed by atoms with Gasteiger partial charge in [0.1, 0.15) is 0 Å². The lowest BCUT2D eigenvalue weighted by Gasteiger charge is -2.10. The number of nitrogen functional groups attached to an aromatic ring is 1. The minimum absolute atomic E-state index is 0.772. The zero-order valence-corrected chi connectivity index (χ0v) is 10.6. The fourth-order valence-corrected chi connectivity index (χ4v) is 1.83. The van der Waals surface area contributed by atoms with Crippen LogP contribution < -0.4 is 11.1 Å². The van der Waals surface area contributed by atoms with Crippen LogP contribution in [0, 0.1) is 6.92 Å². The fourth-order valence-electron chi connectivity index (χ4n) is 1.47. The van der Waals surface area contributed by atoms with E-state index in [1.54, 1.807) is 0 Å². The van der Waals surface area contributed by atoms with Gasteiger partial charge in [0.2, 0.25) is 0 Å². The molecule has 0 heterocycles. The van der Waals surface area contributed by atoms with Gasteiger partial charge >= 0.3 is 0 Å². The van der Waals surface area contributed by atoms with E-state index in [4.69, 9.17) is 5.73 Å². The number of aryl methyl sites for hydroxylation is 1. The van der Waals surface area contributed by atoms with E-state index < -0.39 is 0 Å². The topological polar surface area (TPSA) is 38.0 Å². The van der Waals surface area contributed by atoms with Gasteiger partial charge in [-0.15, -0.1) is 0 Å². The predicted octanol–water partition coefficient (Wildman–Crippen LogP) is 4.08. The molecule has 3 heteroatoms. The summed E-state index contributed by atoms with van der Waals surface area (Å²) in [6.45, 7) is 2.07. The lowest BCUT2D eigenvalue weighted by atomic mass is 10.2. The molecule has 2 aromatic rings. The Morgan fingerprint density at radius 2 is 1.75 bits per heavy atom. The van der Waals surface area contributed by atoms with Crippen molar-refractivity contribution >= 4 is 33.0 Å². The molecule has 2 nitrogen and oxygen atoms in total. The lowest BCUT2D eigenvalue weighted by molar-refractivity contribution is 1.41. The summed E-state index contributed by atoms with van der Waals surface area (Å²) >= 11 is 3.56. The lowest BCUT2D eigenvalue weighted by Crippen LogP contribution is -1.93. The largest absolute Gasteiger partial charge is 0.399 e. The number of hydrogen-bond acceptors (Lipinski definition) is 2. The second kappa shape index (κ2) is 4.58. The number of nitrogens with one attached hydrogen (secondary N) is 1. The number of hydrogen-bond donors (Lipinski definition) is 2. The maximum atomic E-state index is 5.64. The van der Waals surface area contributed by atoms with Crippen molar-refractivity contribution in [1.82, 2.24) is 0 Å². The Hall–Kier alpha value is -1.48. The summed E-state index contributed by atoms with van der Waals surface area (Å²) in [4.78, 5) is 0. The molecule has 2 aromatic carbocycles. The van der Waals surface area contributed by atoms with Crippen LogP contribution in [0.25, 0.3) is 0 Å². The maximum absolute atomic E-state index is 5.64. The number of anilines is 3. The van der Waals surface area contributed by atoms with E-state index in [2.05, 4.69) is 34.2 Å². The molecule has 0 saturated carbocycles. The van der Waals surface area contributed by atoms with Crippen LogP contribution in [-0.4, -0.2) is 0 Å². The van der Waals surface area contributed by atoms with E-state index in [-0.39, 0.29) is 0 Å². The molecule has 2 rings (SSSR count). The summed E-state index contributed by atoms with van der Waals surface area (Å²) in [7, 11) is 0. The summed E-state index contributed by atoms with van der Waals surface area (Å²) in [5, 5.41) is 3.34. The molecule has 0 atom stereocenters. The average Bonchev–Trinajstić information content (AvgIpc) is 2.28. The van der Waals surface area contributed by atoms with Crippen molar-refractivity contribution in [3.05, 3.63) is 52.5 Å². The van der Waals surface area contributed by atoms with Gasteiger partial charge in [0.05, 0.1) is 5.69 Å². The van der Waals surface area contributed by atoms with E-state index in [0.29, 0.717) is 0 Å². The van der Waals surface area contributed by atoms with E-state index in [9.17, 15) is 0 Å². The standard InChI is InChI=1S/C13H13BrN2/c1-9-3-2-4-12(13(9)14)16-11-7-5-10(15)6-8-11/h2-8,16H,15H2,1H3. The molecule has 0 aliphatic rings. The molecule has 0 unspecified atom stereocenters. The van der Waals surface area contributed by atoms with Gasteiger partial charge in [-0.05, 0) is 58.7 Å². The third kappa shape index (κ3) is 2.36. The number of nitrogens with two attached hydrogens (primary N) is 1. The first-order valence-corrected chi connectivity index (χ1v) is 5.84. The summed E-state index contributed by atoms with van der Waals surface area (Å²) in [5.41, 5.74) is 9.71. The van der Waals surface area contributed by atoms with Crippen molar-refractivity contribution in [3.8, 4) is 0 Å². The van der Waals surface area contributed by atoms with Gasteiger partial charge in [0.15, 0.2) is 0 Å². The zero-order valence-electron chi connectivity index (χ0n) is 9.00. The van der Waals surface area contributed by atoms with Gasteiger partial charge in [-0.2, -0.15) is 0 Å². The van der Waals surface area contributed by atoms with Gasteiger partial charge in [0.25, 0.3) is 0 Å². The SMILES string of the molecule is Cc1cccc(Nc2ccc(N)cc2)c1Br. The molecule has 16 heavy (non-hydrogen) atoms. The van der Waals surface area contributed by atoms with Crippen molar-refractivity contribution in [1.29, 1.82) is 0 Å². The third-order valence-electron chi connectivity index (χ3n) is 2.38. The molecular formula is C13H13BrN2. The van der Waals surface area contributed by atoms with E-state index in [1.807, 2.05) is 36.4 Å². The smallest absolute Gasteiger partial charge is 0.0531 e. The van der Waals surface area contributed by atoms with Crippen LogP contribution in [0.3, 0.4) is 0 Å². The van der Waals surface area contributed by atoms with Crippen LogP contribution in [-0.2, 0) is 0 Å². The first-order chi connectivity index (χ1) is 7.66. The Labute approximate surface area is 104 Å². The molecule has 0 aliphatic heterocycles. The molecule has 0 amide bonds. The maximum Gasteiger partial charge on any atom is 0.0531 e. The van der Waals surface area contributed by atoms with E-state index in [1.165, 1.54) is 5.56 Å². The quantitative estimate of drug-likeness (QED) is 0.811. The van der Waals surface area contributed by atoms with Gasteiger partial charge in [0, 0.05) is 15.8 Å². The van der Waals surface area contributed by atoms with Gasteiger partial charge in [-0.1, -0.05) is 12.1 Å². The van der Waals surface area contributed by atoms with Crippen LogP contribution >= 0.6 is 15.9 Å². The molecule has 0 saturated heterocycles. The zero-order chi connectivity index (χ0) is 11.5. The average molecular weight is 277 g/mol. The van der Waals surface area contributed by atoms with Crippen LogP contribution in [0.2, 0.25) is 0 Å². The highest BCUT2D eigenvalue weighted by Crippen LogP contribution is 2.28. The molecule has 3 N–H and O–H groups in total. The Bertz CT molecular complexity index is 492. The summed E-state index contributed by atoms with van der Waals surface area (Å²) < 4.78 is 1.09. The number of rotatable bonds is 2. The molecule has 0 fully saturated rings. The minimum Gasteiger partial charge on any atom is -0.399 e. The van der Waals surface area contributed by atoms with Crippen molar-refractivity contribution < 1.29 is 0 Å². The summed E-state index contributed by atoms with van der Waals surface area (Å²) in [6.07, 6.45) is 0. The van der Waals surface area contributed by atoms with Gasteiger partial charge in [-0.25, -0.2) is 0 Å². The fraction of sp³-hybridized carbons (Fsp3) is 0.0769. The van der Waals surface area contributed by atoms with Gasteiger partial charge < -0.3 is 11.1 Å². The molecule has 0 aromatic heterocycles. The van der Waals surface area contributed by atoms with Crippen molar-refractivity contribution in [2.75, 3.05) is 11.1 Å². The highest BCUT2D eigenvalue weighted by atomic mass is 79.9. The Balaban J connectivity index is 2.27. The summed E-state index contributed by atoms with van der Waals surface area (Å²) in [6, 6.07) is 13.8. The number of benzene rings is 2. The Morgan fingerprint density at radius 1 is 1.06 bits per heavy atom. The van der Waals surface area contributed by atoms with Crippen molar-refractivity contribution in [2.45, 2.75) is 6.92 Å². The molecule has 82 valence electrons. The molecule has 0 aliphatic carbocycles. The second-order valence-corrected chi connectivity index (χ2v) is 4.48. The van der Waals surface area contributed by atoms with Crippen molar-refractivity contribution in [3.63, 3.8) is 0 Å². The van der Waals surface area contributed by atoms with Crippen LogP contribution in [0.1, 0.15) is 5.56 Å². The first-order valence-electron chi connectivity index (χ1n) is 5.04. The molecule has 0 radical (unpaired) electrons. The van der Waals surface area contributed by atoms with E-state index in [0.717, 1.165) is 21.5 Å². The normalized spacial score (nSPS) is 10.1. The highest BCUT2D eigenvalue weighted by molar-refractivity contribution is 9.10. The predicted molar refractivity (Wildman–Crippen MR) is 73.0 cm³/mol. The van der Waals surface area contributed by atoms with Crippen LogP contribution in [0.5, 0.6) is 0 Å². The highest BCUT2D eigenvalue weighted by Gasteiger charge is 2.01. The third-order valence-corrected chi connectivity index (χ3v) is 3.43.